The highest BCUT2D eigenvalue weighted by Gasteiger charge is 2.23. The largest absolute Gasteiger partial charge is 0.489 e. The summed E-state index contributed by atoms with van der Waals surface area (Å²) in [7, 11) is 2.62. The van der Waals surface area contributed by atoms with Crippen molar-refractivity contribution in [3.8, 4) is 5.75 Å². The van der Waals surface area contributed by atoms with E-state index in [-0.39, 0.29) is 12.4 Å². The molecule has 2 atom stereocenters. The Morgan fingerprint density at radius 2 is 1.50 bits per heavy atom. The normalized spacial score (nSPS) is 12.9. The van der Waals surface area contributed by atoms with Crippen molar-refractivity contribution in [3.63, 3.8) is 0 Å². The van der Waals surface area contributed by atoms with Crippen molar-refractivity contribution >= 4 is 11.9 Å². The van der Waals surface area contributed by atoms with Crippen LogP contribution in [0.3, 0.4) is 0 Å². The van der Waals surface area contributed by atoms with Crippen LogP contribution in [0.1, 0.15) is 31.1 Å². The second-order valence-corrected chi connectivity index (χ2v) is 6.74. The lowest BCUT2D eigenvalue weighted by Crippen LogP contribution is -2.48. The molecule has 0 unspecified atom stereocenters. The van der Waals surface area contributed by atoms with Gasteiger partial charge in [0.05, 0.1) is 20.4 Å². The van der Waals surface area contributed by atoms with Crippen LogP contribution in [-0.2, 0) is 25.7 Å². The fourth-order valence-electron chi connectivity index (χ4n) is 2.78. The summed E-state index contributed by atoms with van der Waals surface area (Å²) in [5.74, 6) is -0.570. The fraction of sp³-hybridized carbons (Fsp3) is 0.364. The zero-order valence-corrected chi connectivity index (χ0v) is 17.5. The van der Waals surface area contributed by atoms with E-state index in [1.807, 2.05) is 0 Å². The van der Waals surface area contributed by atoms with Crippen molar-refractivity contribution in [2.75, 3.05) is 14.2 Å². The van der Waals surface area contributed by atoms with Gasteiger partial charge in [-0.15, -0.1) is 0 Å². The van der Waals surface area contributed by atoms with Gasteiger partial charge in [-0.25, -0.2) is 4.39 Å². The summed E-state index contributed by atoms with van der Waals surface area (Å²) in [6.45, 7) is 3.56. The predicted molar refractivity (Wildman–Crippen MR) is 109 cm³/mol. The Bertz CT molecular complexity index is 820. The third kappa shape index (κ3) is 6.82. The highest BCUT2D eigenvalue weighted by Crippen LogP contribution is 2.19. The van der Waals surface area contributed by atoms with E-state index >= 15 is 0 Å². The number of esters is 2. The van der Waals surface area contributed by atoms with Gasteiger partial charge in [-0.05, 0) is 49.2 Å². The van der Waals surface area contributed by atoms with Crippen molar-refractivity contribution in [1.29, 1.82) is 0 Å². The van der Waals surface area contributed by atoms with E-state index in [4.69, 9.17) is 14.2 Å². The van der Waals surface area contributed by atoms with Gasteiger partial charge in [0.1, 0.15) is 30.3 Å². The van der Waals surface area contributed by atoms with Crippen LogP contribution in [0.2, 0.25) is 0 Å². The summed E-state index contributed by atoms with van der Waals surface area (Å²) in [6, 6.07) is 12.1. The van der Waals surface area contributed by atoms with Crippen LogP contribution >= 0.6 is 0 Å². The summed E-state index contributed by atoms with van der Waals surface area (Å²) in [4.78, 5) is 23.6. The van der Waals surface area contributed by atoms with Gasteiger partial charge in [-0.3, -0.25) is 20.2 Å². The lowest BCUT2D eigenvalue weighted by molar-refractivity contribution is -0.143. The molecule has 0 fully saturated rings. The molecule has 0 saturated carbocycles. The molecule has 7 nitrogen and oxygen atoms in total. The van der Waals surface area contributed by atoms with E-state index in [1.165, 1.54) is 26.4 Å². The van der Waals surface area contributed by atoms with Crippen LogP contribution in [0.25, 0.3) is 0 Å². The Balaban J connectivity index is 2.10. The van der Waals surface area contributed by atoms with Crippen LogP contribution in [0, 0.1) is 5.82 Å². The quantitative estimate of drug-likeness (QED) is 0.453. The minimum absolute atomic E-state index is 0.232. The average molecular weight is 418 g/mol. The smallest absolute Gasteiger partial charge is 0.322 e. The fourth-order valence-corrected chi connectivity index (χ4v) is 2.78. The van der Waals surface area contributed by atoms with E-state index in [0.717, 1.165) is 11.1 Å². The average Bonchev–Trinajstić information content (AvgIpc) is 2.76. The summed E-state index contributed by atoms with van der Waals surface area (Å²) >= 11 is 0. The molecule has 0 aliphatic heterocycles. The first-order valence-electron chi connectivity index (χ1n) is 9.49. The molecule has 0 radical (unpaired) electrons. The Kier molecular flexibility index (Phi) is 8.76. The first-order valence-corrected chi connectivity index (χ1v) is 9.49. The second-order valence-electron chi connectivity index (χ2n) is 6.74. The molecule has 0 bridgehead atoms. The van der Waals surface area contributed by atoms with Crippen molar-refractivity contribution in [3.05, 3.63) is 65.5 Å². The maximum Gasteiger partial charge on any atom is 0.322 e. The van der Waals surface area contributed by atoms with Crippen LogP contribution in [0.5, 0.6) is 5.75 Å². The van der Waals surface area contributed by atoms with Gasteiger partial charge in [0.25, 0.3) is 0 Å². The summed E-state index contributed by atoms with van der Waals surface area (Å²) in [5, 5.41) is 6.20. The standard InChI is InChI=1S/C22H27FN2O5/c1-14(21(26)28-3)24-20(25-15(2)22(27)29-4)17-8-10-19(11-9-17)30-13-16-6-5-7-18(23)12-16/h5-12,14-15,20,24-25H,13H2,1-4H3/t14-,15-/m0/s1. The molecule has 0 aromatic heterocycles. The molecule has 0 spiro atoms. The topological polar surface area (TPSA) is 85.9 Å². The lowest BCUT2D eigenvalue weighted by Gasteiger charge is -2.26. The molecule has 2 N–H and O–H groups in total. The maximum atomic E-state index is 13.3. The lowest BCUT2D eigenvalue weighted by atomic mass is 10.1. The zero-order chi connectivity index (χ0) is 22.1. The van der Waals surface area contributed by atoms with Gasteiger partial charge < -0.3 is 14.2 Å². The molecule has 30 heavy (non-hydrogen) atoms. The second kappa shape index (κ2) is 11.3. The number of nitrogens with one attached hydrogen (secondary N) is 2. The Morgan fingerprint density at radius 1 is 0.933 bits per heavy atom. The van der Waals surface area contributed by atoms with E-state index in [2.05, 4.69) is 10.6 Å². The molecule has 0 aliphatic carbocycles. The Hall–Kier alpha value is -2.97. The van der Waals surface area contributed by atoms with Gasteiger partial charge in [0.15, 0.2) is 0 Å². The van der Waals surface area contributed by atoms with E-state index in [1.54, 1.807) is 50.2 Å². The van der Waals surface area contributed by atoms with Crippen LogP contribution in [0.15, 0.2) is 48.5 Å². The minimum atomic E-state index is -0.610. The number of hydrogen-bond donors (Lipinski definition) is 2. The molecule has 2 aromatic carbocycles. The molecule has 2 rings (SSSR count). The van der Waals surface area contributed by atoms with Crippen molar-refractivity contribution in [2.45, 2.75) is 38.7 Å². The number of rotatable bonds is 10. The first-order chi connectivity index (χ1) is 14.3. The third-order valence-corrected chi connectivity index (χ3v) is 4.45. The van der Waals surface area contributed by atoms with Crippen molar-refractivity contribution in [2.24, 2.45) is 0 Å². The summed E-state index contributed by atoms with van der Waals surface area (Å²) in [5.41, 5.74) is 1.50. The number of carbonyl (C=O) groups is 2. The number of ether oxygens (including phenoxy) is 3. The van der Waals surface area contributed by atoms with Gasteiger partial charge in [-0.2, -0.15) is 0 Å². The van der Waals surface area contributed by atoms with Crippen LogP contribution < -0.4 is 15.4 Å². The molecule has 0 aliphatic rings. The molecular formula is C22H27FN2O5. The van der Waals surface area contributed by atoms with E-state index < -0.39 is 30.2 Å². The summed E-state index contributed by atoms with van der Waals surface area (Å²) in [6.07, 6.45) is -0.523. The van der Waals surface area contributed by atoms with Crippen molar-refractivity contribution in [1.82, 2.24) is 10.6 Å². The number of hydrogen-bond acceptors (Lipinski definition) is 7. The molecule has 162 valence electrons. The molecular weight excluding hydrogens is 391 g/mol. The molecule has 8 heteroatoms. The molecule has 0 heterocycles. The highest BCUT2D eigenvalue weighted by molar-refractivity contribution is 5.76. The number of halogens is 1. The maximum absolute atomic E-state index is 13.3. The monoisotopic (exact) mass is 418 g/mol. The number of benzene rings is 2. The Morgan fingerprint density at radius 3 is 2.00 bits per heavy atom. The first kappa shape index (κ1) is 23.3. The zero-order valence-electron chi connectivity index (χ0n) is 17.5. The van der Waals surface area contributed by atoms with Crippen LogP contribution in [0.4, 0.5) is 4.39 Å². The van der Waals surface area contributed by atoms with E-state index in [0.29, 0.717) is 5.75 Å². The Labute approximate surface area is 175 Å². The highest BCUT2D eigenvalue weighted by atomic mass is 19.1. The van der Waals surface area contributed by atoms with Gasteiger partial charge >= 0.3 is 11.9 Å². The van der Waals surface area contributed by atoms with Gasteiger partial charge in [0, 0.05) is 0 Å². The molecule has 0 amide bonds. The third-order valence-electron chi connectivity index (χ3n) is 4.45. The number of methoxy groups -OCH3 is 2. The van der Waals surface area contributed by atoms with E-state index in [9.17, 15) is 14.0 Å². The van der Waals surface area contributed by atoms with Gasteiger partial charge in [0.2, 0.25) is 0 Å². The van der Waals surface area contributed by atoms with Gasteiger partial charge in [-0.1, -0.05) is 24.3 Å². The molecule has 0 saturated heterocycles. The minimum Gasteiger partial charge on any atom is -0.489 e. The summed E-state index contributed by atoms with van der Waals surface area (Å²) < 4.78 is 28.5. The predicted octanol–water partition coefficient (Wildman–Crippen LogP) is 2.71. The SMILES string of the molecule is COC(=O)[C@H](C)NC(N[C@@H](C)C(=O)OC)c1ccc(OCc2cccc(F)c2)cc1. The number of carbonyl (C=O) groups excluding carboxylic acids is 2. The van der Waals surface area contributed by atoms with Crippen LogP contribution in [-0.4, -0.2) is 38.2 Å². The van der Waals surface area contributed by atoms with Crippen molar-refractivity contribution < 1.29 is 28.2 Å². The molecule has 2 aromatic rings.